The molecule has 0 radical (unpaired) electrons. The topological polar surface area (TPSA) is 143 Å². The molecule has 2 aromatic carbocycles. The van der Waals surface area contributed by atoms with E-state index >= 15 is 4.39 Å². The number of aliphatic hydroxyl groups is 1. The Kier molecular flexibility index (Phi) is 11.8. The highest BCUT2D eigenvalue weighted by molar-refractivity contribution is 6.43. The molecule has 2 aliphatic carbocycles. The number of alkyl halides is 3. The third-order valence-corrected chi connectivity index (χ3v) is 11.3. The van der Waals surface area contributed by atoms with Crippen molar-refractivity contribution in [1.29, 1.82) is 5.26 Å². The monoisotopic (exact) mass is 785 g/mol. The van der Waals surface area contributed by atoms with Gasteiger partial charge >= 0.3 is 6.18 Å². The minimum absolute atomic E-state index is 0.0117. The number of nitriles is 1. The minimum Gasteiger partial charge on any atom is -0.504 e. The summed E-state index contributed by atoms with van der Waals surface area (Å²) in [6, 6.07) is 12.2. The number of amides is 1. The summed E-state index contributed by atoms with van der Waals surface area (Å²) in [5.41, 5.74) is 7.45. The molecule has 2 aromatic heterocycles. The zero-order valence-corrected chi connectivity index (χ0v) is 31.3. The maximum Gasteiger partial charge on any atom is 0.436 e. The Hall–Kier alpha value is -4.38. The third kappa shape index (κ3) is 8.02. The molecule has 9 rings (SSSR count). The van der Waals surface area contributed by atoms with Crippen molar-refractivity contribution in [3.63, 3.8) is 0 Å². The molecule has 1 unspecified atom stereocenters. The molecule has 9 nitrogen and oxygen atoms in total. The molecule has 286 valence electrons. The van der Waals surface area contributed by atoms with E-state index in [1.54, 1.807) is 18.2 Å². The van der Waals surface area contributed by atoms with Crippen LogP contribution in [0.4, 0.5) is 17.6 Å². The van der Waals surface area contributed by atoms with Crippen molar-refractivity contribution in [2.45, 2.75) is 76.6 Å². The van der Waals surface area contributed by atoms with Gasteiger partial charge in [0.05, 0.1) is 27.7 Å². The van der Waals surface area contributed by atoms with Crippen LogP contribution in [0.15, 0.2) is 47.3 Å². The number of nitrogens with two attached hydrogens (primary N) is 1. The van der Waals surface area contributed by atoms with Gasteiger partial charge in [0.15, 0.2) is 17.3 Å². The van der Waals surface area contributed by atoms with E-state index in [9.17, 15) is 23.2 Å². The van der Waals surface area contributed by atoms with Gasteiger partial charge in [-0.1, -0.05) is 35.3 Å². The van der Waals surface area contributed by atoms with Gasteiger partial charge in [0.2, 0.25) is 5.91 Å². The van der Waals surface area contributed by atoms with Gasteiger partial charge in [0.25, 0.3) is 0 Å². The number of fused-ring (bicyclic) bond motifs is 4. The van der Waals surface area contributed by atoms with E-state index in [1.165, 1.54) is 19.4 Å². The Morgan fingerprint density at radius 3 is 2.50 bits per heavy atom. The van der Waals surface area contributed by atoms with Crippen LogP contribution in [0.25, 0.3) is 32.9 Å². The first-order valence-corrected chi connectivity index (χ1v) is 18.7. The number of nitrogens with zero attached hydrogens (tertiary/aromatic N) is 4. The number of benzene rings is 2. The van der Waals surface area contributed by atoms with Crippen LogP contribution in [0.3, 0.4) is 0 Å². The van der Waals surface area contributed by atoms with E-state index in [2.05, 4.69) is 38.1 Å². The fourth-order valence-electron chi connectivity index (χ4n) is 7.54. The van der Waals surface area contributed by atoms with Crippen molar-refractivity contribution in [2.24, 2.45) is 22.6 Å². The second-order valence-corrected chi connectivity index (χ2v) is 14.9. The van der Waals surface area contributed by atoms with E-state index in [-0.39, 0.29) is 34.8 Å². The number of pyridine rings is 1. The first kappa shape index (κ1) is 39.3. The summed E-state index contributed by atoms with van der Waals surface area (Å²) in [5.74, 6) is -0.0615. The summed E-state index contributed by atoms with van der Waals surface area (Å²) >= 11 is 12.8. The summed E-state index contributed by atoms with van der Waals surface area (Å²) in [7, 11) is 0.919. The van der Waals surface area contributed by atoms with Gasteiger partial charge < -0.3 is 26.0 Å². The fourth-order valence-corrected chi connectivity index (χ4v) is 7.93. The number of halogens is 6. The fraction of sp³-hybridized carbons (Fsp3) is 0.436. The lowest BCUT2D eigenvalue weighted by Crippen LogP contribution is -2.31. The standard InChI is InChI=1S/C29H25Cl2FN4O.C5H7F3N2O.C5H9N/c1-15-19-14-22(23-8-4-12-36(23)29(37)16-9-10-16)35-27(19)20-13-17(5-3-11-33)24(26(32)28(20)34-15)18-6-2-7-21(30)25(18)31;1-10-4(3(11)2-9)5(6,7)8;1-4-2-5(1)6-3-4/h2,6-7,13-14,16,23,35H,3-5,8-10,12H2,1H3;2,11H,9H2,1H3;4-6H,1-3H2/b;3-2+,10-4?;. The summed E-state index contributed by atoms with van der Waals surface area (Å²) in [6.45, 7) is 3.95. The molecule has 3 saturated heterocycles. The summed E-state index contributed by atoms with van der Waals surface area (Å²) in [4.78, 5) is 26.0. The minimum atomic E-state index is -4.66. The number of aromatic amines is 1. The maximum absolute atomic E-state index is 16.3. The van der Waals surface area contributed by atoms with Gasteiger partial charge in [0, 0.05) is 71.5 Å². The number of aromatic nitrogens is 2. The van der Waals surface area contributed by atoms with Crippen molar-refractivity contribution in [2.75, 3.05) is 20.1 Å². The smallest absolute Gasteiger partial charge is 0.436 e. The number of H-pyrrole nitrogens is 1. The predicted molar refractivity (Wildman–Crippen MR) is 203 cm³/mol. The van der Waals surface area contributed by atoms with Crippen molar-refractivity contribution < 1.29 is 27.5 Å². The Labute approximate surface area is 320 Å². The largest absolute Gasteiger partial charge is 0.504 e. The highest BCUT2D eigenvalue weighted by Crippen LogP contribution is 2.43. The van der Waals surface area contributed by atoms with Crippen molar-refractivity contribution in [3.8, 4) is 17.2 Å². The van der Waals surface area contributed by atoms with Gasteiger partial charge in [-0.05, 0) is 88.1 Å². The molecule has 5 heterocycles. The Balaban J connectivity index is 0.000000240. The molecule has 0 spiro atoms. The number of carbonyl (C=O) groups is 1. The van der Waals surface area contributed by atoms with Crippen molar-refractivity contribution in [3.05, 3.63) is 75.1 Å². The van der Waals surface area contributed by atoms with Gasteiger partial charge in [-0.3, -0.25) is 9.79 Å². The van der Waals surface area contributed by atoms with Crippen molar-refractivity contribution >= 4 is 56.6 Å². The van der Waals surface area contributed by atoms with E-state index in [0.717, 1.165) is 67.8 Å². The van der Waals surface area contributed by atoms with Crippen LogP contribution >= 0.6 is 23.2 Å². The van der Waals surface area contributed by atoms with E-state index in [0.29, 0.717) is 45.4 Å². The van der Waals surface area contributed by atoms with Crippen LogP contribution < -0.4 is 11.1 Å². The summed E-state index contributed by atoms with van der Waals surface area (Å²) in [5, 5.41) is 23.4. The molecule has 5 aliphatic rings. The number of allylic oxidation sites excluding steroid dienone is 1. The number of carbonyl (C=O) groups excluding carboxylic acids is 1. The van der Waals surface area contributed by atoms with Crippen LogP contribution in [0.5, 0.6) is 0 Å². The van der Waals surface area contributed by atoms with E-state index in [4.69, 9.17) is 28.3 Å². The average molecular weight is 787 g/mol. The van der Waals surface area contributed by atoms with Gasteiger partial charge in [-0.2, -0.15) is 18.4 Å². The summed E-state index contributed by atoms with van der Waals surface area (Å²) in [6.07, 6.45) is 3.14. The highest BCUT2D eigenvalue weighted by Gasteiger charge is 2.40. The van der Waals surface area contributed by atoms with Gasteiger partial charge in [-0.15, -0.1) is 0 Å². The molecule has 4 aromatic rings. The van der Waals surface area contributed by atoms with Crippen LogP contribution in [0.2, 0.25) is 10.0 Å². The van der Waals surface area contributed by atoms with Crippen LogP contribution in [-0.2, 0) is 11.2 Å². The molecule has 2 saturated carbocycles. The summed E-state index contributed by atoms with van der Waals surface area (Å²) < 4.78 is 51.6. The Morgan fingerprint density at radius 1 is 1.20 bits per heavy atom. The average Bonchev–Trinajstić information content (AvgIpc) is 3.53. The molecule has 54 heavy (non-hydrogen) atoms. The Bertz CT molecular complexity index is 2150. The second-order valence-electron chi connectivity index (χ2n) is 14.1. The molecule has 5 fully saturated rings. The second kappa shape index (κ2) is 16.2. The van der Waals surface area contributed by atoms with E-state index < -0.39 is 23.5 Å². The highest BCUT2D eigenvalue weighted by atomic mass is 35.5. The molecule has 3 aliphatic heterocycles. The van der Waals surface area contributed by atoms with Crippen LogP contribution in [0, 0.1) is 35.9 Å². The number of likely N-dealkylation sites (tertiary alicyclic amines) is 1. The third-order valence-electron chi connectivity index (χ3n) is 10.5. The van der Waals surface area contributed by atoms with Gasteiger partial charge in [0.1, 0.15) is 5.52 Å². The normalized spacial score (nSPS) is 20.9. The molecule has 15 heteroatoms. The number of aryl methyl sites for hydroxylation is 2. The first-order valence-electron chi connectivity index (χ1n) is 17.9. The molecule has 1 atom stereocenters. The number of hydrogen-bond acceptors (Lipinski definition) is 7. The predicted octanol–water partition coefficient (Wildman–Crippen LogP) is 9.01. The number of rotatable bonds is 6. The lowest BCUT2D eigenvalue weighted by atomic mass is 9.87. The quantitative estimate of drug-likeness (QED) is 0.0873. The van der Waals surface area contributed by atoms with Gasteiger partial charge in [-0.25, -0.2) is 9.37 Å². The molecule has 5 N–H and O–H groups in total. The van der Waals surface area contributed by atoms with Crippen LogP contribution in [-0.4, -0.2) is 63.9 Å². The number of aliphatic imine (C=N–C) groups is 1. The molecular formula is C39H41Cl2F4N7O2. The lowest BCUT2D eigenvalue weighted by Gasteiger charge is -2.24. The number of hydrogen-bond donors (Lipinski definition) is 4. The zero-order chi connectivity index (χ0) is 38.9. The number of nitrogens with one attached hydrogen (secondary N) is 2. The zero-order valence-electron chi connectivity index (χ0n) is 29.8. The number of aliphatic hydroxyl groups excluding tert-OH is 1. The molecule has 2 bridgehead atoms. The lowest BCUT2D eigenvalue weighted by molar-refractivity contribution is -0.133. The van der Waals surface area contributed by atoms with Crippen molar-refractivity contribution in [1.82, 2.24) is 20.2 Å². The van der Waals surface area contributed by atoms with Crippen LogP contribution in [0.1, 0.15) is 67.9 Å². The SMILES string of the molecule is C1NC2CC1C2.CN=C(/C(O)=C\N)C(F)(F)F.Cc1nc2c(F)c(-c3cccc(Cl)c3Cl)c(CCC#N)cc2c2[nH]c(C3CCCN3C(=O)C3CC3)cc12. The molecule has 1 amide bonds. The maximum atomic E-state index is 16.3. The van der Waals surface area contributed by atoms with E-state index in [1.807, 2.05) is 17.9 Å². The molecular weight excluding hydrogens is 745 g/mol. The Morgan fingerprint density at radius 2 is 1.94 bits per heavy atom. The first-order chi connectivity index (χ1) is 25.8.